The summed E-state index contributed by atoms with van der Waals surface area (Å²) >= 11 is 0. The van der Waals surface area contributed by atoms with Crippen molar-refractivity contribution in [1.82, 2.24) is 0 Å². The third kappa shape index (κ3) is 4.81. The second-order valence-corrected chi connectivity index (χ2v) is 14.0. The summed E-state index contributed by atoms with van der Waals surface area (Å²) in [5.41, 5.74) is 3.26. The van der Waals surface area contributed by atoms with Crippen molar-refractivity contribution in [3.8, 4) is 16.9 Å². The summed E-state index contributed by atoms with van der Waals surface area (Å²) in [7, 11) is -2.16. The fourth-order valence-electron chi connectivity index (χ4n) is 6.29. The van der Waals surface area contributed by atoms with E-state index in [-0.39, 0.29) is 17.0 Å². The van der Waals surface area contributed by atoms with Crippen LogP contribution in [0.15, 0.2) is 164 Å². The highest BCUT2D eigenvalue weighted by molar-refractivity contribution is 7.95. The predicted octanol–water partition coefficient (Wildman–Crippen LogP) is 5.86. The molecule has 0 amide bonds. The normalized spacial score (nSPS) is 11.3. The van der Waals surface area contributed by atoms with Gasteiger partial charge in [-0.1, -0.05) is 121 Å². The average molecular weight is 626 g/mol. The molecule has 7 aromatic rings. The van der Waals surface area contributed by atoms with E-state index in [1.54, 1.807) is 0 Å². The molecular formula is C39H30BrOP. The van der Waals surface area contributed by atoms with Gasteiger partial charge in [0, 0.05) is 11.1 Å². The third-order valence-electron chi connectivity index (χ3n) is 8.17. The van der Waals surface area contributed by atoms with Gasteiger partial charge >= 0.3 is 0 Å². The number of hydrogen-bond acceptors (Lipinski definition) is 1. The van der Waals surface area contributed by atoms with Crippen LogP contribution >= 0.6 is 7.26 Å². The van der Waals surface area contributed by atoms with Crippen LogP contribution in [0.4, 0.5) is 0 Å². The molecule has 0 spiro atoms. The Morgan fingerprint density at radius 2 is 0.810 bits per heavy atom. The predicted molar refractivity (Wildman–Crippen MR) is 177 cm³/mol. The molecular weight excluding hydrogens is 595 g/mol. The van der Waals surface area contributed by atoms with Crippen molar-refractivity contribution in [1.29, 1.82) is 0 Å². The lowest BCUT2D eigenvalue weighted by atomic mass is 9.90. The van der Waals surface area contributed by atoms with Crippen LogP contribution < -0.4 is 32.9 Å². The molecule has 0 fully saturated rings. The van der Waals surface area contributed by atoms with Crippen molar-refractivity contribution in [2.24, 2.45) is 0 Å². The van der Waals surface area contributed by atoms with Gasteiger partial charge in [-0.25, -0.2) is 0 Å². The summed E-state index contributed by atoms with van der Waals surface area (Å²) in [5, 5.41) is 20.0. The zero-order chi connectivity index (χ0) is 27.6. The Hall–Kier alpha value is -4.23. The molecule has 1 nitrogen and oxygen atoms in total. The van der Waals surface area contributed by atoms with Crippen molar-refractivity contribution in [2.75, 3.05) is 0 Å². The fraction of sp³-hybridized carbons (Fsp3) is 0.0256. The molecule has 0 unspecified atom stereocenters. The molecule has 0 aliphatic rings. The highest BCUT2D eigenvalue weighted by atomic mass is 79.9. The molecule has 0 saturated carbocycles. The number of phenols is 1. The quantitative estimate of drug-likeness (QED) is 0.230. The SMILES string of the molecule is Oc1ccc2ccccc2c1-c1c(C[P+](c2ccccc2)(c2ccccc2)c2ccccc2)ccc2ccccc12.[Br-]. The van der Waals surface area contributed by atoms with Crippen molar-refractivity contribution in [3.05, 3.63) is 169 Å². The van der Waals surface area contributed by atoms with Crippen molar-refractivity contribution >= 4 is 44.7 Å². The van der Waals surface area contributed by atoms with Crippen LogP contribution in [0.25, 0.3) is 32.7 Å². The summed E-state index contributed by atoms with van der Waals surface area (Å²) in [6, 6.07) is 58.4. The van der Waals surface area contributed by atoms with Gasteiger partial charge < -0.3 is 22.1 Å². The molecule has 0 aliphatic carbocycles. The molecule has 7 rings (SSSR count). The monoisotopic (exact) mass is 624 g/mol. The number of halogens is 1. The lowest BCUT2D eigenvalue weighted by Crippen LogP contribution is -3.00. The van der Waals surface area contributed by atoms with E-state index in [1.165, 1.54) is 26.9 Å². The minimum Gasteiger partial charge on any atom is -1.00 e. The maximum atomic E-state index is 11.5. The van der Waals surface area contributed by atoms with E-state index in [2.05, 4.69) is 152 Å². The van der Waals surface area contributed by atoms with E-state index in [0.29, 0.717) is 5.75 Å². The molecule has 0 atom stereocenters. The van der Waals surface area contributed by atoms with Crippen molar-refractivity contribution in [2.45, 2.75) is 6.16 Å². The van der Waals surface area contributed by atoms with E-state index in [4.69, 9.17) is 0 Å². The second kappa shape index (κ2) is 11.9. The molecule has 0 aliphatic heterocycles. The van der Waals surface area contributed by atoms with Crippen LogP contribution in [0.2, 0.25) is 0 Å². The van der Waals surface area contributed by atoms with Crippen molar-refractivity contribution < 1.29 is 22.1 Å². The Labute approximate surface area is 258 Å². The summed E-state index contributed by atoms with van der Waals surface area (Å²) < 4.78 is 0. The number of rotatable bonds is 6. The van der Waals surface area contributed by atoms with Crippen LogP contribution in [-0.2, 0) is 6.16 Å². The fourth-order valence-corrected chi connectivity index (χ4v) is 10.6. The van der Waals surface area contributed by atoms with Crippen LogP contribution in [0.1, 0.15) is 5.56 Å². The first-order valence-corrected chi connectivity index (χ1v) is 16.0. The topological polar surface area (TPSA) is 20.2 Å². The van der Waals surface area contributed by atoms with E-state index < -0.39 is 7.26 Å². The number of aromatic hydroxyl groups is 1. The molecule has 0 saturated heterocycles. The summed E-state index contributed by atoms with van der Waals surface area (Å²) in [4.78, 5) is 0. The van der Waals surface area contributed by atoms with E-state index in [1.807, 2.05) is 12.1 Å². The Balaban J connectivity index is 0.00000316. The molecule has 0 aromatic heterocycles. The van der Waals surface area contributed by atoms with Gasteiger partial charge in [0.05, 0.1) is 6.16 Å². The molecule has 0 heterocycles. The zero-order valence-corrected chi connectivity index (χ0v) is 25.5. The maximum absolute atomic E-state index is 11.5. The standard InChI is InChI=1S/C39H29OP.BrH/c40-37-27-26-30-15-11-13-23-36(30)39(37)38-31(25-24-29-14-10-12-22-35(29)38)28-41(32-16-4-1-5-17-32,33-18-6-2-7-19-33)34-20-8-3-9-21-34;/h1-27H,28H2;1H. The second-order valence-electron chi connectivity index (χ2n) is 10.5. The van der Waals surface area contributed by atoms with Gasteiger partial charge in [0.2, 0.25) is 0 Å². The van der Waals surface area contributed by atoms with E-state index >= 15 is 0 Å². The maximum Gasteiger partial charge on any atom is 0.124 e. The van der Waals surface area contributed by atoms with Gasteiger partial charge in [-0.2, -0.15) is 0 Å². The van der Waals surface area contributed by atoms with Gasteiger partial charge in [-0.3, -0.25) is 0 Å². The van der Waals surface area contributed by atoms with Gasteiger partial charge in [0.25, 0.3) is 0 Å². The number of phenolic OH excluding ortho intramolecular Hbond substituents is 1. The van der Waals surface area contributed by atoms with Crippen LogP contribution in [-0.4, -0.2) is 5.11 Å². The van der Waals surface area contributed by atoms with Crippen LogP contribution in [0.3, 0.4) is 0 Å². The first-order valence-electron chi connectivity index (χ1n) is 14.0. The Morgan fingerprint density at radius 1 is 0.405 bits per heavy atom. The minimum absolute atomic E-state index is 0. The van der Waals surface area contributed by atoms with E-state index in [0.717, 1.165) is 33.4 Å². The first-order chi connectivity index (χ1) is 20.3. The summed E-state index contributed by atoms with van der Waals surface area (Å²) in [5.74, 6) is 0.310. The highest BCUT2D eigenvalue weighted by Gasteiger charge is 2.46. The number of hydrogen-bond donors (Lipinski definition) is 1. The smallest absolute Gasteiger partial charge is 0.124 e. The highest BCUT2D eigenvalue weighted by Crippen LogP contribution is 2.59. The van der Waals surface area contributed by atoms with Gasteiger partial charge in [0.15, 0.2) is 0 Å². The lowest BCUT2D eigenvalue weighted by molar-refractivity contribution is -0.00000871. The number of benzene rings is 7. The van der Waals surface area contributed by atoms with Crippen LogP contribution in [0.5, 0.6) is 5.75 Å². The van der Waals surface area contributed by atoms with Crippen molar-refractivity contribution in [3.63, 3.8) is 0 Å². The zero-order valence-electron chi connectivity index (χ0n) is 23.1. The largest absolute Gasteiger partial charge is 1.00 e. The molecule has 7 aromatic carbocycles. The average Bonchev–Trinajstić information content (AvgIpc) is 3.05. The van der Waals surface area contributed by atoms with Gasteiger partial charge in [-0.15, -0.1) is 0 Å². The summed E-state index contributed by atoms with van der Waals surface area (Å²) in [6.45, 7) is 0. The molecule has 0 bridgehead atoms. The minimum atomic E-state index is -2.16. The number of fused-ring (bicyclic) bond motifs is 2. The first kappa shape index (κ1) is 27.9. The molecule has 42 heavy (non-hydrogen) atoms. The molecule has 1 N–H and O–H groups in total. The van der Waals surface area contributed by atoms with Gasteiger partial charge in [-0.05, 0) is 69.6 Å². The van der Waals surface area contributed by atoms with E-state index in [9.17, 15) is 5.11 Å². The molecule has 3 heteroatoms. The Morgan fingerprint density at radius 3 is 1.31 bits per heavy atom. The summed E-state index contributed by atoms with van der Waals surface area (Å²) in [6.07, 6.45) is 0.827. The molecule has 0 radical (unpaired) electrons. The Bertz CT molecular complexity index is 1870. The van der Waals surface area contributed by atoms with Gasteiger partial charge in [0.1, 0.15) is 28.9 Å². The Kier molecular flexibility index (Phi) is 7.94. The molecule has 204 valence electrons. The van der Waals surface area contributed by atoms with Crippen LogP contribution in [0, 0.1) is 0 Å². The third-order valence-corrected chi connectivity index (χ3v) is 12.5. The lowest BCUT2D eigenvalue weighted by Gasteiger charge is -2.29.